The van der Waals surface area contributed by atoms with Gasteiger partial charge in [-0.1, -0.05) is 18.7 Å². The predicted molar refractivity (Wildman–Crippen MR) is 85.2 cm³/mol. The molecule has 1 atom stereocenters. The van der Waals surface area contributed by atoms with Crippen LogP contribution in [0.3, 0.4) is 0 Å². The molecular weight excluding hydrogens is 280 g/mol. The van der Waals surface area contributed by atoms with Crippen LogP contribution in [0, 0.1) is 23.2 Å². The second-order valence-corrected chi connectivity index (χ2v) is 8.50. The van der Waals surface area contributed by atoms with E-state index in [0.29, 0.717) is 11.5 Å². The molecule has 1 unspecified atom stereocenters. The molecule has 1 aromatic heterocycles. The lowest BCUT2D eigenvalue weighted by molar-refractivity contribution is -0.0691. The summed E-state index contributed by atoms with van der Waals surface area (Å²) in [7, 11) is 0. The Hall–Kier alpha value is -0.550. The summed E-state index contributed by atoms with van der Waals surface area (Å²) in [6.45, 7) is 3.32. The van der Waals surface area contributed by atoms with E-state index < -0.39 is 0 Å². The molecule has 4 nitrogen and oxygen atoms in total. The molecule has 4 saturated carbocycles. The van der Waals surface area contributed by atoms with E-state index in [1.807, 2.05) is 11.8 Å². The number of nitrogens with one attached hydrogen (secondary N) is 2. The first-order valence-corrected chi connectivity index (χ1v) is 9.47. The zero-order valence-electron chi connectivity index (χ0n) is 12.8. The topological polar surface area (TPSA) is 53.6 Å². The minimum atomic E-state index is 0.567. The molecule has 4 bridgehead atoms. The van der Waals surface area contributed by atoms with Gasteiger partial charge < -0.3 is 5.32 Å². The van der Waals surface area contributed by atoms with Crippen LogP contribution in [-0.2, 0) is 0 Å². The Bertz CT molecular complexity index is 437. The lowest BCUT2D eigenvalue weighted by Crippen LogP contribution is -2.56. The number of hydrogen-bond donors (Lipinski definition) is 2. The van der Waals surface area contributed by atoms with Gasteiger partial charge in [0, 0.05) is 11.8 Å². The van der Waals surface area contributed by atoms with Crippen molar-refractivity contribution in [2.24, 2.45) is 23.2 Å². The third-order valence-corrected chi connectivity index (χ3v) is 7.03. The Labute approximate surface area is 131 Å². The lowest BCUT2D eigenvalue weighted by atomic mass is 9.48. The van der Waals surface area contributed by atoms with Crippen molar-refractivity contribution in [3.63, 3.8) is 0 Å². The minimum absolute atomic E-state index is 0.567. The van der Waals surface area contributed by atoms with Gasteiger partial charge in [0.25, 0.3) is 0 Å². The highest BCUT2D eigenvalue weighted by molar-refractivity contribution is 7.99. The van der Waals surface area contributed by atoms with E-state index >= 15 is 0 Å². The Morgan fingerprint density at radius 2 is 1.95 bits per heavy atom. The normalized spacial score (nSPS) is 38.8. The predicted octanol–water partition coefficient (Wildman–Crippen LogP) is 3.09. The molecule has 2 N–H and O–H groups in total. The molecule has 21 heavy (non-hydrogen) atoms. The standard InChI is InChI=1S/C16H26N4S/c1-2-17-14(9-21-15-18-10-19-20-15)16-6-11-3-12(7-16)5-13(4-11)8-16/h10-14,17H,2-9H2,1H3,(H,18,19,20). The van der Waals surface area contributed by atoms with E-state index in [1.165, 1.54) is 38.5 Å². The summed E-state index contributed by atoms with van der Waals surface area (Å²) in [5, 5.41) is 11.7. The highest BCUT2D eigenvalue weighted by Crippen LogP contribution is 2.61. The number of H-pyrrole nitrogens is 1. The van der Waals surface area contributed by atoms with E-state index in [2.05, 4.69) is 27.4 Å². The van der Waals surface area contributed by atoms with Crippen molar-refractivity contribution in [1.82, 2.24) is 20.5 Å². The van der Waals surface area contributed by atoms with E-state index in [4.69, 9.17) is 0 Å². The van der Waals surface area contributed by atoms with Crippen LogP contribution in [0.2, 0.25) is 0 Å². The van der Waals surface area contributed by atoms with Gasteiger partial charge >= 0.3 is 0 Å². The third kappa shape index (κ3) is 2.63. The average molecular weight is 306 g/mol. The maximum Gasteiger partial charge on any atom is 0.183 e. The molecule has 4 aliphatic carbocycles. The smallest absolute Gasteiger partial charge is 0.183 e. The van der Waals surface area contributed by atoms with Gasteiger partial charge in [-0.15, -0.1) is 0 Å². The molecule has 4 aliphatic rings. The van der Waals surface area contributed by atoms with Gasteiger partial charge in [0.15, 0.2) is 5.16 Å². The van der Waals surface area contributed by atoms with Crippen LogP contribution in [0.5, 0.6) is 0 Å². The Morgan fingerprint density at radius 3 is 2.48 bits per heavy atom. The third-order valence-electron chi connectivity index (χ3n) is 6.05. The minimum Gasteiger partial charge on any atom is -0.313 e. The monoisotopic (exact) mass is 306 g/mol. The van der Waals surface area contributed by atoms with E-state index in [0.717, 1.165) is 35.2 Å². The van der Waals surface area contributed by atoms with Gasteiger partial charge in [-0.3, -0.25) is 5.10 Å². The SMILES string of the molecule is CCNC(CSc1ncn[nH]1)C12CC3CC(CC(C3)C1)C2. The van der Waals surface area contributed by atoms with E-state index in [-0.39, 0.29) is 0 Å². The summed E-state index contributed by atoms with van der Waals surface area (Å²) < 4.78 is 0. The highest BCUT2D eigenvalue weighted by atomic mass is 32.2. The zero-order chi connectivity index (χ0) is 14.3. The molecular formula is C16H26N4S. The second-order valence-electron chi connectivity index (χ2n) is 7.49. The maximum absolute atomic E-state index is 4.26. The molecule has 0 spiro atoms. The summed E-state index contributed by atoms with van der Waals surface area (Å²) >= 11 is 1.83. The Morgan fingerprint density at radius 1 is 1.29 bits per heavy atom. The van der Waals surface area contributed by atoms with Crippen LogP contribution in [0.1, 0.15) is 45.4 Å². The first-order valence-electron chi connectivity index (χ1n) is 8.49. The molecule has 0 aromatic carbocycles. The van der Waals surface area contributed by atoms with Crippen LogP contribution in [0.15, 0.2) is 11.5 Å². The number of rotatable bonds is 6. The number of thioether (sulfide) groups is 1. The molecule has 0 saturated heterocycles. The van der Waals surface area contributed by atoms with Crippen LogP contribution < -0.4 is 5.32 Å². The van der Waals surface area contributed by atoms with Crippen molar-refractivity contribution < 1.29 is 0 Å². The molecule has 0 aliphatic heterocycles. The molecule has 0 radical (unpaired) electrons. The van der Waals surface area contributed by atoms with Crippen LogP contribution in [-0.4, -0.2) is 33.5 Å². The second kappa shape index (κ2) is 5.58. The van der Waals surface area contributed by atoms with Gasteiger partial charge in [0.05, 0.1) is 0 Å². The fourth-order valence-electron chi connectivity index (χ4n) is 5.73. The van der Waals surface area contributed by atoms with Crippen molar-refractivity contribution in [1.29, 1.82) is 0 Å². The van der Waals surface area contributed by atoms with Crippen molar-refractivity contribution >= 4 is 11.8 Å². The highest BCUT2D eigenvalue weighted by Gasteiger charge is 2.53. The molecule has 1 heterocycles. The van der Waals surface area contributed by atoms with Crippen LogP contribution in [0.25, 0.3) is 0 Å². The van der Waals surface area contributed by atoms with Gasteiger partial charge in [-0.05, 0) is 68.2 Å². The number of aromatic amines is 1. The average Bonchev–Trinajstić information content (AvgIpc) is 2.95. The lowest BCUT2D eigenvalue weighted by Gasteiger charge is -2.59. The van der Waals surface area contributed by atoms with Crippen LogP contribution in [0.4, 0.5) is 0 Å². The zero-order valence-corrected chi connectivity index (χ0v) is 13.7. The fourth-order valence-corrected chi connectivity index (χ4v) is 6.76. The first-order chi connectivity index (χ1) is 10.3. The number of nitrogens with zero attached hydrogens (tertiary/aromatic N) is 2. The number of hydrogen-bond acceptors (Lipinski definition) is 4. The molecule has 0 amide bonds. The van der Waals surface area contributed by atoms with Gasteiger partial charge in [-0.25, -0.2) is 4.98 Å². The first kappa shape index (κ1) is 14.1. The molecule has 5 rings (SSSR count). The van der Waals surface area contributed by atoms with Crippen molar-refractivity contribution in [3.8, 4) is 0 Å². The summed E-state index contributed by atoms with van der Waals surface area (Å²) in [5.74, 6) is 4.18. The fraction of sp³-hybridized carbons (Fsp3) is 0.875. The number of aromatic nitrogens is 3. The molecule has 1 aromatic rings. The summed E-state index contributed by atoms with van der Waals surface area (Å²) in [6.07, 6.45) is 10.6. The van der Waals surface area contributed by atoms with Crippen molar-refractivity contribution in [3.05, 3.63) is 6.33 Å². The summed E-state index contributed by atoms with van der Waals surface area (Å²) in [6, 6.07) is 0.631. The van der Waals surface area contributed by atoms with E-state index in [1.54, 1.807) is 6.33 Å². The van der Waals surface area contributed by atoms with E-state index in [9.17, 15) is 0 Å². The van der Waals surface area contributed by atoms with Crippen molar-refractivity contribution in [2.75, 3.05) is 12.3 Å². The summed E-state index contributed by atoms with van der Waals surface area (Å²) in [4.78, 5) is 4.26. The molecule has 116 valence electrons. The largest absolute Gasteiger partial charge is 0.313 e. The Kier molecular flexibility index (Phi) is 3.74. The van der Waals surface area contributed by atoms with Gasteiger partial charge in [-0.2, -0.15) is 5.10 Å². The van der Waals surface area contributed by atoms with Crippen LogP contribution >= 0.6 is 11.8 Å². The van der Waals surface area contributed by atoms with Crippen molar-refractivity contribution in [2.45, 2.75) is 56.6 Å². The quantitative estimate of drug-likeness (QED) is 0.793. The van der Waals surface area contributed by atoms with Gasteiger partial charge in [0.2, 0.25) is 0 Å². The maximum atomic E-state index is 4.26. The molecule has 5 heteroatoms. The summed E-state index contributed by atoms with van der Waals surface area (Å²) in [5.41, 5.74) is 0.567. The molecule has 4 fully saturated rings. The Balaban J connectivity index is 1.50. The van der Waals surface area contributed by atoms with Gasteiger partial charge in [0.1, 0.15) is 6.33 Å².